The van der Waals surface area contributed by atoms with Crippen LogP contribution < -0.4 is 5.32 Å². The van der Waals surface area contributed by atoms with E-state index in [2.05, 4.69) is 10.3 Å². The molecule has 1 amide bonds. The van der Waals surface area contributed by atoms with Crippen molar-refractivity contribution < 1.29 is 9.72 Å². The number of carbonyl (C=O) groups excluding carboxylic acids is 1. The molecule has 0 aliphatic heterocycles. The number of hydrogen-bond acceptors (Lipinski definition) is 4. The van der Waals surface area contributed by atoms with Gasteiger partial charge in [0.2, 0.25) is 0 Å². The Labute approximate surface area is 134 Å². The van der Waals surface area contributed by atoms with Crippen LogP contribution >= 0.6 is 22.6 Å². The van der Waals surface area contributed by atoms with Crippen LogP contribution in [0.4, 0.5) is 5.69 Å². The molecular weight excluding hydrogens is 385 g/mol. The third-order valence-corrected chi connectivity index (χ3v) is 3.74. The van der Waals surface area contributed by atoms with Crippen molar-refractivity contribution >= 4 is 34.2 Å². The Morgan fingerprint density at radius 2 is 2.14 bits per heavy atom. The van der Waals surface area contributed by atoms with Gasteiger partial charge in [0.05, 0.1) is 10.5 Å². The van der Waals surface area contributed by atoms with E-state index in [1.165, 1.54) is 12.1 Å². The summed E-state index contributed by atoms with van der Waals surface area (Å²) >= 11 is 1.98. The fraction of sp³-hybridized carbons (Fsp3) is 0.143. The standard InChI is InChI=1S/C14H12IN3O3/c15-13-5-4-11(18(20)21)9-12(13)14(19)17-8-6-10-3-1-2-7-16-10/h1-5,7,9H,6,8H2,(H,17,19). The average molecular weight is 397 g/mol. The van der Waals surface area contributed by atoms with E-state index in [1.807, 2.05) is 40.8 Å². The van der Waals surface area contributed by atoms with E-state index in [0.717, 1.165) is 5.69 Å². The number of hydrogen-bond donors (Lipinski definition) is 1. The van der Waals surface area contributed by atoms with Gasteiger partial charge in [0.1, 0.15) is 0 Å². The quantitative estimate of drug-likeness (QED) is 0.478. The van der Waals surface area contributed by atoms with Gasteiger partial charge in [0.15, 0.2) is 0 Å². The molecule has 0 atom stereocenters. The highest BCUT2D eigenvalue weighted by atomic mass is 127. The molecule has 1 heterocycles. The van der Waals surface area contributed by atoms with Crippen LogP contribution in [0.3, 0.4) is 0 Å². The maximum absolute atomic E-state index is 12.1. The maximum Gasteiger partial charge on any atom is 0.270 e. The number of nitrogens with one attached hydrogen (secondary N) is 1. The second-order valence-electron chi connectivity index (χ2n) is 4.25. The number of nitrogens with zero attached hydrogens (tertiary/aromatic N) is 2. The maximum atomic E-state index is 12.1. The summed E-state index contributed by atoms with van der Waals surface area (Å²) in [4.78, 5) is 26.5. The topological polar surface area (TPSA) is 85.1 Å². The second kappa shape index (κ2) is 7.11. The van der Waals surface area contributed by atoms with Crippen molar-refractivity contribution in [2.45, 2.75) is 6.42 Å². The smallest absolute Gasteiger partial charge is 0.270 e. The summed E-state index contributed by atoms with van der Waals surface area (Å²) in [6, 6.07) is 9.82. The minimum absolute atomic E-state index is 0.0923. The van der Waals surface area contributed by atoms with Gasteiger partial charge in [-0.05, 0) is 40.8 Å². The molecule has 1 aromatic heterocycles. The van der Waals surface area contributed by atoms with Gasteiger partial charge in [0, 0.05) is 40.6 Å². The molecular formula is C14H12IN3O3. The van der Waals surface area contributed by atoms with Crippen LogP contribution in [-0.2, 0) is 6.42 Å². The lowest BCUT2D eigenvalue weighted by molar-refractivity contribution is -0.384. The molecule has 1 aromatic carbocycles. The van der Waals surface area contributed by atoms with Crippen molar-refractivity contribution in [3.63, 3.8) is 0 Å². The highest BCUT2D eigenvalue weighted by molar-refractivity contribution is 14.1. The number of nitro groups is 1. The number of nitro benzene ring substituents is 1. The number of halogens is 1. The molecule has 0 saturated carbocycles. The largest absolute Gasteiger partial charge is 0.352 e. The average Bonchev–Trinajstić information content (AvgIpc) is 2.48. The number of amides is 1. The van der Waals surface area contributed by atoms with Crippen molar-refractivity contribution in [2.24, 2.45) is 0 Å². The second-order valence-corrected chi connectivity index (χ2v) is 5.41. The van der Waals surface area contributed by atoms with E-state index >= 15 is 0 Å². The van der Waals surface area contributed by atoms with E-state index < -0.39 is 4.92 Å². The van der Waals surface area contributed by atoms with Gasteiger partial charge >= 0.3 is 0 Å². The molecule has 2 rings (SSSR count). The van der Waals surface area contributed by atoms with Crippen molar-refractivity contribution in [1.82, 2.24) is 10.3 Å². The van der Waals surface area contributed by atoms with Crippen molar-refractivity contribution in [3.8, 4) is 0 Å². The number of benzene rings is 1. The Bertz CT molecular complexity index is 662. The molecule has 0 unspecified atom stereocenters. The normalized spacial score (nSPS) is 10.1. The van der Waals surface area contributed by atoms with E-state index in [0.29, 0.717) is 22.1 Å². The number of non-ortho nitro benzene ring substituents is 1. The van der Waals surface area contributed by atoms with Crippen LogP contribution in [0.25, 0.3) is 0 Å². The van der Waals surface area contributed by atoms with Gasteiger partial charge in [-0.25, -0.2) is 0 Å². The lowest BCUT2D eigenvalue weighted by atomic mass is 10.2. The Morgan fingerprint density at radius 1 is 1.33 bits per heavy atom. The lowest BCUT2D eigenvalue weighted by Gasteiger charge is -2.06. The zero-order chi connectivity index (χ0) is 15.2. The predicted octanol–water partition coefficient (Wildman–Crippen LogP) is 2.57. The zero-order valence-corrected chi connectivity index (χ0v) is 13.1. The number of aromatic nitrogens is 1. The fourth-order valence-electron chi connectivity index (χ4n) is 1.75. The molecule has 0 bridgehead atoms. The highest BCUT2D eigenvalue weighted by Gasteiger charge is 2.15. The first-order valence-corrected chi connectivity index (χ1v) is 7.28. The van der Waals surface area contributed by atoms with Crippen molar-refractivity contribution in [1.29, 1.82) is 0 Å². The van der Waals surface area contributed by atoms with Crippen LogP contribution in [0.1, 0.15) is 16.1 Å². The molecule has 0 fully saturated rings. The molecule has 6 nitrogen and oxygen atoms in total. The van der Waals surface area contributed by atoms with Crippen LogP contribution in [0.5, 0.6) is 0 Å². The van der Waals surface area contributed by atoms with Crippen LogP contribution in [-0.4, -0.2) is 22.4 Å². The predicted molar refractivity (Wildman–Crippen MR) is 86.1 cm³/mol. The summed E-state index contributed by atoms with van der Waals surface area (Å²) in [5, 5.41) is 13.5. The summed E-state index contributed by atoms with van der Waals surface area (Å²) in [5.74, 6) is -0.320. The van der Waals surface area contributed by atoms with E-state index in [1.54, 1.807) is 12.3 Å². The fourth-order valence-corrected chi connectivity index (χ4v) is 2.33. The third-order valence-electron chi connectivity index (χ3n) is 2.80. The van der Waals surface area contributed by atoms with Gasteiger partial charge in [-0.3, -0.25) is 19.9 Å². The first kappa shape index (κ1) is 15.4. The van der Waals surface area contributed by atoms with E-state index in [-0.39, 0.29) is 11.6 Å². The van der Waals surface area contributed by atoms with Crippen molar-refractivity contribution in [3.05, 3.63) is 67.5 Å². The lowest BCUT2D eigenvalue weighted by Crippen LogP contribution is -2.26. The minimum Gasteiger partial charge on any atom is -0.352 e. The molecule has 0 aliphatic carbocycles. The van der Waals surface area contributed by atoms with Crippen LogP contribution in [0.15, 0.2) is 42.6 Å². The highest BCUT2D eigenvalue weighted by Crippen LogP contribution is 2.19. The summed E-state index contributed by atoms with van der Waals surface area (Å²) in [5.41, 5.74) is 1.10. The number of rotatable bonds is 5. The Hall–Kier alpha value is -2.03. The first-order valence-electron chi connectivity index (χ1n) is 6.20. The third kappa shape index (κ3) is 4.22. The molecule has 0 saturated heterocycles. The summed E-state index contributed by atoms with van der Waals surface area (Å²) in [6.07, 6.45) is 2.30. The summed E-state index contributed by atoms with van der Waals surface area (Å²) in [7, 11) is 0. The molecule has 7 heteroatoms. The van der Waals surface area contributed by atoms with Gasteiger partial charge in [0.25, 0.3) is 11.6 Å². The summed E-state index contributed by atoms with van der Waals surface area (Å²) < 4.78 is 0.675. The Kier molecular flexibility index (Phi) is 5.20. The Balaban J connectivity index is 2.00. The SMILES string of the molecule is O=C(NCCc1ccccn1)c1cc([N+](=O)[O-])ccc1I. The molecule has 2 aromatic rings. The van der Waals surface area contributed by atoms with E-state index in [4.69, 9.17) is 0 Å². The molecule has 108 valence electrons. The summed E-state index contributed by atoms with van der Waals surface area (Å²) in [6.45, 7) is 0.425. The zero-order valence-electron chi connectivity index (χ0n) is 11.0. The minimum atomic E-state index is -0.513. The first-order chi connectivity index (χ1) is 10.1. The van der Waals surface area contributed by atoms with Gasteiger partial charge in [-0.15, -0.1) is 0 Å². The Morgan fingerprint density at radius 3 is 2.81 bits per heavy atom. The van der Waals surface area contributed by atoms with Crippen LogP contribution in [0, 0.1) is 13.7 Å². The number of pyridine rings is 1. The molecule has 21 heavy (non-hydrogen) atoms. The number of carbonyl (C=O) groups is 1. The van der Waals surface area contributed by atoms with Gasteiger partial charge in [-0.1, -0.05) is 6.07 Å². The van der Waals surface area contributed by atoms with E-state index in [9.17, 15) is 14.9 Å². The molecule has 1 N–H and O–H groups in total. The van der Waals surface area contributed by atoms with Crippen LogP contribution in [0.2, 0.25) is 0 Å². The monoisotopic (exact) mass is 397 g/mol. The molecule has 0 aliphatic rings. The molecule has 0 spiro atoms. The van der Waals surface area contributed by atoms with Gasteiger partial charge < -0.3 is 5.32 Å². The van der Waals surface area contributed by atoms with Gasteiger partial charge in [-0.2, -0.15) is 0 Å². The van der Waals surface area contributed by atoms with Crippen molar-refractivity contribution in [2.75, 3.05) is 6.54 Å². The molecule has 0 radical (unpaired) electrons.